The molecule has 4 aliphatic heterocycles. The molecule has 4 rings (SSSR count). The van der Waals surface area contributed by atoms with E-state index in [0.29, 0.717) is 12.8 Å². The molecule has 0 aliphatic carbocycles. The fourth-order valence-electron chi connectivity index (χ4n) is 12.8. The molecule has 0 aromatic carbocycles. The molecule has 4 fully saturated rings. The highest BCUT2D eigenvalue weighted by Gasteiger charge is 2.54. The van der Waals surface area contributed by atoms with Crippen LogP contribution in [0.5, 0.6) is 0 Å². The van der Waals surface area contributed by atoms with Gasteiger partial charge in [-0.3, -0.25) is 9.59 Å². The van der Waals surface area contributed by atoms with Crippen molar-refractivity contribution in [3.05, 3.63) is 0 Å². The van der Waals surface area contributed by atoms with Crippen LogP contribution in [-0.2, 0) is 47.5 Å². The third-order valence-corrected chi connectivity index (χ3v) is 18.8. The number of hydrogen-bond acceptors (Lipinski definition) is 24. The van der Waals surface area contributed by atoms with Crippen LogP contribution in [0.25, 0.3) is 0 Å². The fourth-order valence-corrected chi connectivity index (χ4v) is 12.8. The predicted molar refractivity (Wildman–Crippen MR) is 341 cm³/mol. The van der Waals surface area contributed by atoms with Gasteiger partial charge in [0.2, 0.25) is 11.8 Å². The SMILES string of the molecule is CCCCCCCCCCCCCCCCCCCCC[C@@H](O)C(=O)N[C@@H](CO[C@H]1O[C@H](CO)[C@H](O)[C@H](O)[C@H]1O[C@H]1O[C@H](CO[C@@H]2O[C@H](CO)[C@H](O)[C@H](O[C@@H]3O[C@@H](C)[C@H](O)[C@@H](O)[C@H]3O)[C@H]2NC(C)=O)[C@H](O)[C@H](O)[C@H]1O)[C@H](O)[C@H](O)CCCCCCCCCCCCCC. The number of nitrogens with one attached hydrogen (secondary N) is 2. The largest absolute Gasteiger partial charge is 0.394 e. The normalized spacial score (nSPS) is 33.1. The molecule has 4 saturated heterocycles. The second-order valence-corrected chi connectivity index (χ2v) is 26.7. The topological polar surface area (TPSA) is 415 Å². The maximum absolute atomic E-state index is 13.7. The van der Waals surface area contributed by atoms with Crippen molar-refractivity contribution in [3.63, 3.8) is 0 Å². The molecule has 0 aromatic rings. The molecule has 0 aromatic heterocycles. The van der Waals surface area contributed by atoms with Crippen LogP contribution in [0.4, 0.5) is 0 Å². The van der Waals surface area contributed by atoms with Crippen LogP contribution < -0.4 is 10.6 Å². The summed E-state index contributed by atoms with van der Waals surface area (Å²) in [4.78, 5) is 26.3. The summed E-state index contributed by atoms with van der Waals surface area (Å²) in [6.07, 6.45) is -1.89. The Morgan fingerprint density at radius 1 is 0.430 bits per heavy atom. The number of carbonyl (C=O) groups is 2. The molecule has 0 unspecified atom stereocenters. The van der Waals surface area contributed by atoms with E-state index in [9.17, 15) is 81.1 Å². The van der Waals surface area contributed by atoms with Gasteiger partial charge in [0.1, 0.15) is 104 Å². The summed E-state index contributed by atoms with van der Waals surface area (Å²) < 4.78 is 47.1. The van der Waals surface area contributed by atoms with Gasteiger partial charge < -0.3 is 120 Å². The third-order valence-electron chi connectivity index (χ3n) is 18.8. The van der Waals surface area contributed by atoms with E-state index in [2.05, 4.69) is 24.5 Å². The molecule has 0 radical (unpaired) electrons. The van der Waals surface area contributed by atoms with Crippen molar-refractivity contribution in [3.8, 4) is 0 Å². The average Bonchev–Trinajstić information content (AvgIpc) is 0.917. The molecular weight excluding hydrogens is 1220 g/mol. The van der Waals surface area contributed by atoms with Crippen LogP contribution in [0, 0.1) is 0 Å². The van der Waals surface area contributed by atoms with Crippen LogP contribution in [-0.4, -0.2) is 257 Å². The molecule has 2 amide bonds. The first-order valence-electron chi connectivity index (χ1n) is 35.8. The smallest absolute Gasteiger partial charge is 0.249 e. The Bertz CT molecular complexity index is 1920. The first kappa shape index (κ1) is 83.5. The zero-order valence-electron chi connectivity index (χ0n) is 56.4. The summed E-state index contributed by atoms with van der Waals surface area (Å²) >= 11 is 0. The highest BCUT2D eigenvalue weighted by atomic mass is 16.8. The minimum absolute atomic E-state index is 0.124. The zero-order valence-corrected chi connectivity index (χ0v) is 56.4. The minimum Gasteiger partial charge on any atom is -0.394 e. The van der Waals surface area contributed by atoms with Crippen molar-refractivity contribution in [2.75, 3.05) is 26.4 Å². The molecule has 4 heterocycles. The van der Waals surface area contributed by atoms with E-state index in [4.69, 9.17) is 37.9 Å². The number of aliphatic hydroxyl groups excluding tert-OH is 14. The zero-order chi connectivity index (χ0) is 68.2. The summed E-state index contributed by atoms with van der Waals surface area (Å²) in [5, 5.41) is 159. The lowest BCUT2D eigenvalue weighted by atomic mass is 9.95. The Labute approximate surface area is 552 Å². The van der Waals surface area contributed by atoms with E-state index in [1.165, 1.54) is 135 Å². The lowest BCUT2D eigenvalue weighted by molar-refractivity contribution is -0.373. The first-order chi connectivity index (χ1) is 44.7. The molecule has 26 heteroatoms. The number of unbranched alkanes of at least 4 members (excludes halogenated alkanes) is 29. The van der Waals surface area contributed by atoms with Gasteiger partial charge in [0.05, 0.1) is 44.7 Å². The minimum atomic E-state index is -2.10. The Balaban J connectivity index is 1.40. The van der Waals surface area contributed by atoms with Crippen LogP contribution in [0.15, 0.2) is 0 Å². The monoisotopic (exact) mass is 1340 g/mol. The molecule has 16 N–H and O–H groups in total. The number of aliphatic hydroxyl groups is 14. The quantitative estimate of drug-likeness (QED) is 0.0389. The number of amides is 2. The molecule has 24 atom stereocenters. The van der Waals surface area contributed by atoms with E-state index < -0.39 is 185 Å². The molecule has 4 aliphatic rings. The van der Waals surface area contributed by atoms with Crippen molar-refractivity contribution < 1.29 is 119 Å². The molecule has 0 spiro atoms. The molecule has 93 heavy (non-hydrogen) atoms. The van der Waals surface area contributed by atoms with E-state index in [0.717, 1.165) is 64.7 Å². The maximum atomic E-state index is 13.7. The van der Waals surface area contributed by atoms with E-state index in [1.807, 2.05) is 0 Å². The van der Waals surface area contributed by atoms with E-state index in [-0.39, 0.29) is 12.8 Å². The Hall–Kier alpha value is -1.94. The standard InChI is InChI=1S/C67H126N2O24/c1-5-7-9-11-13-15-17-19-20-21-22-23-24-25-27-29-31-33-35-37-46(74)63(85)69-44(52(76)45(73)36-34-32-30-28-26-18-16-14-12-10-8-6-2)40-86-67-62(58(82)53(77)47(38-70)90-67)93-66-60(84)57(81)54(78)49(91-66)41-87-64-50(68-43(4)72)61(55(79)48(39-71)89-64)92-65-59(83)56(80)51(75)42(3)88-65/h42,44-62,64-67,70-71,73-84H,5-41H2,1-4H3,(H,68,72)(H,69,85)/t42-,44-,45+,46+,47+,48+,49+,50+,51-,52-,53-,54-,55-,56+,57-,58-,59+,60+,61+,62+,64+,65-,66+,67-/m0/s1. The molecule has 0 saturated carbocycles. The van der Waals surface area contributed by atoms with Gasteiger partial charge >= 0.3 is 0 Å². The van der Waals surface area contributed by atoms with Gasteiger partial charge in [0.25, 0.3) is 0 Å². The fraction of sp³-hybridized carbons (Fsp3) is 0.970. The predicted octanol–water partition coefficient (Wildman–Crippen LogP) is 2.93. The van der Waals surface area contributed by atoms with Crippen molar-refractivity contribution in [1.82, 2.24) is 10.6 Å². The lowest BCUT2D eigenvalue weighted by Crippen LogP contribution is -2.68. The van der Waals surface area contributed by atoms with Crippen LogP contribution in [0.1, 0.15) is 240 Å². The van der Waals surface area contributed by atoms with Crippen molar-refractivity contribution in [2.45, 2.75) is 387 Å². The maximum Gasteiger partial charge on any atom is 0.249 e. The van der Waals surface area contributed by atoms with Gasteiger partial charge in [-0.2, -0.15) is 0 Å². The van der Waals surface area contributed by atoms with Crippen LogP contribution >= 0.6 is 0 Å². The van der Waals surface area contributed by atoms with E-state index in [1.54, 1.807) is 0 Å². The summed E-state index contributed by atoms with van der Waals surface area (Å²) in [5.74, 6) is -1.55. The summed E-state index contributed by atoms with van der Waals surface area (Å²) in [5.41, 5.74) is 0. The summed E-state index contributed by atoms with van der Waals surface area (Å²) in [7, 11) is 0. The third kappa shape index (κ3) is 29.0. The van der Waals surface area contributed by atoms with Crippen molar-refractivity contribution in [1.29, 1.82) is 0 Å². The Morgan fingerprint density at radius 2 is 0.828 bits per heavy atom. The lowest BCUT2D eigenvalue weighted by Gasteiger charge is -2.48. The Morgan fingerprint density at radius 3 is 1.30 bits per heavy atom. The number of ether oxygens (including phenoxy) is 8. The van der Waals surface area contributed by atoms with E-state index >= 15 is 0 Å². The second kappa shape index (κ2) is 47.2. The number of hydrogen-bond donors (Lipinski definition) is 16. The Kier molecular flexibility index (Phi) is 42.3. The first-order valence-corrected chi connectivity index (χ1v) is 35.8. The second-order valence-electron chi connectivity index (χ2n) is 26.7. The molecule has 0 bridgehead atoms. The van der Waals surface area contributed by atoms with Gasteiger partial charge in [-0.15, -0.1) is 0 Å². The van der Waals surface area contributed by atoms with Gasteiger partial charge in [0.15, 0.2) is 25.2 Å². The van der Waals surface area contributed by atoms with Gasteiger partial charge in [0, 0.05) is 6.92 Å². The van der Waals surface area contributed by atoms with Gasteiger partial charge in [-0.05, 0) is 19.8 Å². The summed E-state index contributed by atoms with van der Waals surface area (Å²) in [6, 6.07) is -2.93. The van der Waals surface area contributed by atoms with Gasteiger partial charge in [-0.25, -0.2) is 0 Å². The molecule has 26 nitrogen and oxygen atoms in total. The average molecular weight is 1340 g/mol. The number of carbonyl (C=O) groups excluding carboxylic acids is 2. The van der Waals surface area contributed by atoms with Crippen LogP contribution in [0.3, 0.4) is 0 Å². The summed E-state index contributed by atoms with van der Waals surface area (Å²) in [6.45, 7) is 3.78. The molecular formula is C67H126N2O24. The van der Waals surface area contributed by atoms with Crippen LogP contribution in [0.2, 0.25) is 0 Å². The highest BCUT2D eigenvalue weighted by molar-refractivity contribution is 5.80. The van der Waals surface area contributed by atoms with Crippen molar-refractivity contribution >= 4 is 11.8 Å². The molecule has 548 valence electrons. The number of rotatable bonds is 50. The van der Waals surface area contributed by atoms with Crippen molar-refractivity contribution in [2.24, 2.45) is 0 Å². The highest BCUT2D eigenvalue weighted by Crippen LogP contribution is 2.34. The van der Waals surface area contributed by atoms with Gasteiger partial charge in [-0.1, -0.05) is 213 Å².